The van der Waals surface area contributed by atoms with Gasteiger partial charge in [-0.25, -0.2) is 0 Å². The van der Waals surface area contributed by atoms with E-state index in [9.17, 15) is 4.79 Å². The van der Waals surface area contributed by atoms with Crippen LogP contribution in [0, 0.1) is 6.92 Å². The molecule has 3 heteroatoms. The first-order chi connectivity index (χ1) is 9.47. The minimum absolute atomic E-state index is 0.0316. The van der Waals surface area contributed by atoms with E-state index in [1.165, 1.54) is 0 Å². The van der Waals surface area contributed by atoms with Crippen molar-refractivity contribution in [3.05, 3.63) is 59.2 Å². The molecule has 20 heavy (non-hydrogen) atoms. The summed E-state index contributed by atoms with van der Waals surface area (Å²) in [7, 11) is 0. The number of nitrogens with two attached hydrogens (primary N) is 1. The number of benzene rings is 2. The van der Waals surface area contributed by atoms with Crippen LogP contribution in [0.4, 0.5) is 5.69 Å². The average Bonchev–Trinajstić information content (AvgIpc) is 2.39. The van der Waals surface area contributed by atoms with Crippen LogP contribution in [0.3, 0.4) is 0 Å². The van der Waals surface area contributed by atoms with E-state index < -0.39 is 0 Å². The lowest BCUT2D eigenvalue weighted by Crippen LogP contribution is -2.05. The Morgan fingerprint density at radius 1 is 1.15 bits per heavy atom. The lowest BCUT2D eigenvalue weighted by molar-refractivity contribution is 0.103. The summed E-state index contributed by atoms with van der Waals surface area (Å²) < 4.78 is 0. The predicted molar refractivity (Wildman–Crippen MR) is 86.5 cm³/mol. The third-order valence-corrected chi connectivity index (χ3v) is 3.97. The van der Waals surface area contributed by atoms with Crippen LogP contribution in [-0.4, -0.2) is 11.0 Å². The van der Waals surface area contributed by atoms with Crippen LogP contribution >= 0.6 is 11.8 Å². The van der Waals surface area contributed by atoms with E-state index in [1.54, 1.807) is 23.9 Å². The Balaban J connectivity index is 2.45. The summed E-state index contributed by atoms with van der Waals surface area (Å²) in [6, 6.07) is 13.2. The van der Waals surface area contributed by atoms with Crippen molar-refractivity contribution < 1.29 is 4.79 Å². The van der Waals surface area contributed by atoms with Gasteiger partial charge in [0, 0.05) is 27.0 Å². The van der Waals surface area contributed by atoms with Crippen molar-refractivity contribution in [3.63, 3.8) is 0 Å². The summed E-state index contributed by atoms with van der Waals surface area (Å²) in [5.74, 6) is 0.0316. The Hall–Kier alpha value is -1.74. The van der Waals surface area contributed by atoms with Gasteiger partial charge in [0.05, 0.1) is 0 Å². The molecule has 0 bridgehead atoms. The fraction of sp³-hybridized carbons (Fsp3) is 0.235. The number of aryl methyl sites for hydroxylation is 1. The third-order valence-electron chi connectivity index (χ3n) is 2.89. The number of hydrogen-bond donors (Lipinski definition) is 1. The van der Waals surface area contributed by atoms with Gasteiger partial charge >= 0.3 is 0 Å². The highest BCUT2D eigenvalue weighted by molar-refractivity contribution is 8.00. The van der Waals surface area contributed by atoms with E-state index in [0.717, 1.165) is 16.0 Å². The number of carbonyl (C=O) groups excluding carboxylic acids is 1. The molecule has 0 aliphatic heterocycles. The Kier molecular flexibility index (Phi) is 4.50. The van der Waals surface area contributed by atoms with Crippen LogP contribution in [0.1, 0.15) is 35.3 Å². The molecule has 0 amide bonds. The number of ketones is 1. The summed E-state index contributed by atoms with van der Waals surface area (Å²) in [4.78, 5) is 13.7. The summed E-state index contributed by atoms with van der Waals surface area (Å²) in [5.41, 5.74) is 8.87. The Bertz CT molecular complexity index is 635. The second-order valence-corrected chi connectivity index (χ2v) is 6.74. The van der Waals surface area contributed by atoms with Crippen LogP contribution in [0.5, 0.6) is 0 Å². The molecule has 104 valence electrons. The Labute approximate surface area is 124 Å². The first-order valence-corrected chi connectivity index (χ1v) is 7.53. The van der Waals surface area contributed by atoms with Crippen molar-refractivity contribution in [2.75, 3.05) is 5.73 Å². The molecule has 0 spiro atoms. The number of thioether (sulfide) groups is 1. The van der Waals surface area contributed by atoms with Crippen molar-refractivity contribution in [2.45, 2.75) is 30.9 Å². The van der Waals surface area contributed by atoms with Crippen LogP contribution in [0.2, 0.25) is 0 Å². The maximum absolute atomic E-state index is 12.7. The van der Waals surface area contributed by atoms with Gasteiger partial charge < -0.3 is 5.73 Å². The lowest BCUT2D eigenvalue weighted by atomic mass is 10.0. The summed E-state index contributed by atoms with van der Waals surface area (Å²) >= 11 is 1.71. The summed E-state index contributed by atoms with van der Waals surface area (Å²) in [5, 5.41) is 0.435. The highest BCUT2D eigenvalue weighted by Crippen LogP contribution is 2.29. The minimum atomic E-state index is 0.0316. The Morgan fingerprint density at radius 2 is 1.90 bits per heavy atom. The van der Waals surface area contributed by atoms with E-state index in [0.29, 0.717) is 16.5 Å². The van der Waals surface area contributed by atoms with E-state index in [2.05, 4.69) is 13.8 Å². The van der Waals surface area contributed by atoms with Crippen LogP contribution in [0.25, 0.3) is 0 Å². The quantitative estimate of drug-likeness (QED) is 0.517. The topological polar surface area (TPSA) is 43.1 Å². The second-order valence-electron chi connectivity index (χ2n) is 5.12. The monoisotopic (exact) mass is 285 g/mol. The Morgan fingerprint density at radius 3 is 2.55 bits per heavy atom. The highest BCUT2D eigenvalue weighted by atomic mass is 32.2. The van der Waals surface area contributed by atoms with Gasteiger partial charge in [-0.15, -0.1) is 11.8 Å². The van der Waals surface area contributed by atoms with Gasteiger partial charge in [-0.05, 0) is 31.2 Å². The molecule has 2 rings (SSSR count). The van der Waals surface area contributed by atoms with E-state index in [-0.39, 0.29) is 5.78 Å². The molecule has 0 radical (unpaired) electrons. The zero-order valence-electron chi connectivity index (χ0n) is 12.0. The first kappa shape index (κ1) is 14.7. The fourth-order valence-corrected chi connectivity index (χ4v) is 2.95. The molecule has 0 fully saturated rings. The largest absolute Gasteiger partial charge is 0.399 e. The zero-order valence-corrected chi connectivity index (χ0v) is 12.8. The molecular weight excluding hydrogens is 266 g/mol. The van der Waals surface area contributed by atoms with E-state index in [1.807, 2.05) is 37.3 Å². The minimum Gasteiger partial charge on any atom is -0.399 e. The molecule has 0 aliphatic rings. The molecule has 2 N–H and O–H groups in total. The third kappa shape index (κ3) is 3.42. The number of rotatable bonds is 4. The first-order valence-electron chi connectivity index (χ1n) is 6.65. The molecule has 2 aromatic rings. The van der Waals surface area contributed by atoms with Gasteiger partial charge in [0.15, 0.2) is 5.78 Å². The van der Waals surface area contributed by atoms with Crippen molar-refractivity contribution >= 4 is 23.2 Å². The van der Waals surface area contributed by atoms with Gasteiger partial charge in [-0.1, -0.05) is 37.6 Å². The molecule has 0 heterocycles. The fourth-order valence-electron chi connectivity index (χ4n) is 2.01. The summed E-state index contributed by atoms with van der Waals surface area (Å²) in [6.45, 7) is 6.25. The van der Waals surface area contributed by atoms with Gasteiger partial charge in [-0.2, -0.15) is 0 Å². The van der Waals surface area contributed by atoms with E-state index >= 15 is 0 Å². The van der Waals surface area contributed by atoms with Gasteiger partial charge in [-0.3, -0.25) is 4.79 Å². The molecule has 0 atom stereocenters. The molecule has 0 unspecified atom stereocenters. The molecule has 2 nitrogen and oxygen atoms in total. The van der Waals surface area contributed by atoms with Crippen LogP contribution in [-0.2, 0) is 0 Å². The molecule has 0 saturated carbocycles. The molecule has 0 aliphatic carbocycles. The van der Waals surface area contributed by atoms with Gasteiger partial charge in [0.2, 0.25) is 0 Å². The SMILES string of the molecule is Cc1ccc(SC(C)C)c(C(=O)c2cccc(N)c2)c1. The second kappa shape index (κ2) is 6.14. The molecule has 0 saturated heterocycles. The van der Waals surface area contributed by atoms with Crippen LogP contribution < -0.4 is 5.73 Å². The van der Waals surface area contributed by atoms with Crippen LogP contribution in [0.15, 0.2) is 47.4 Å². The lowest BCUT2D eigenvalue weighted by Gasteiger charge is -2.12. The number of anilines is 1. The number of hydrogen-bond acceptors (Lipinski definition) is 3. The smallest absolute Gasteiger partial charge is 0.194 e. The molecule has 2 aromatic carbocycles. The average molecular weight is 285 g/mol. The predicted octanol–water partition coefficient (Wildman–Crippen LogP) is 4.31. The number of carbonyl (C=O) groups is 1. The number of nitrogen functional groups attached to an aromatic ring is 1. The van der Waals surface area contributed by atoms with Crippen molar-refractivity contribution in [1.82, 2.24) is 0 Å². The standard InChI is InChI=1S/C17H19NOS/c1-11(2)20-16-8-7-12(3)9-15(16)17(19)13-5-4-6-14(18)10-13/h4-11H,18H2,1-3H3. The van der Waals surface area contributed by atoms with E-state index in [4.69, 9.17) is 5.73 Å². The maximum atomic E-state index is 12.7. The summed E-state index contributed by atoms with van der Waals surface area (Å²) in [6.07, 6.45) is 0. The van der Waals surface area contributed by atoms with Gasteiger partial charge in [0.25, 0.3) is 0 Å². The maximum Gasteiger partial charge on any atom is 0.194 e. The van der Waals surface area contributed by atoms with Gasteiger partial charge in [0.1, 0.15) is 0 Å². The highest BCUT2D eigenvalue weighted by Gasteiger charge is 2.15. The van der Waals surface area contributed by atoms with Crippen molar-refractivity contribution in [3.8, 4) is 0 Å². The normalized spacial score (nSPS) is 10.8. The van der Waals surface area contributed by atoms with Crippen molar-refractivity contribution in [1.29, 1.82) is 0 Å². The zero-order chi connectivity index (χ0) is 14.7. The van der Waals surface area contributed by atoms with Crippen molar-refractivity contribution in [2.24, 2.45) is 0 Å². The molecular formula is C17H19NOS. The molecule has 0 aromatic heterocycles.